The van der Waals surface area contributed by atoms with Gasteiger partial charge in [-0.15, -0.1) is 0 Å². The summed E-state index contributed by atoms with van der Waals surface area (Å²) in [7, 11) is 1.67. The average molecular weight is 279 g/mol. The van der Waals surface area contributed by atoms with E-state index >= 15 is 0 Å². The smallest absolute Gasteiger partial charge is 0.137 e. The average Bonchev–Trinajstić information content (AvgIpc) is 3.10. The van der Waals surface area contributed by atoms with Crippen LogP contribution in [0.1, 0.15) is 18.1 Å². The maximum Gasteiger partial charge on any atom is 0.137 e. The molecule has 0 aliphatic heterocycles. The van der Waals surface area contributed by atoms with Gasteiger partial charge in [0.25, 0.3) is 0 Å². The van der Waals surface area contributed by atoms with Crippen molar-refractivity contribution in [3.05, 3.63) is 78.4 Å². The van der Waals surface area contributed by atoms with Crippen molar-refractivity contribution in [2.24, 2.45) is 0 Å². The van der Waals surface area contributed by atoms with Gasteiger partial charge in [-0.3, -0.25) is 0 Å². The minimum absolute atomic E-state index is 0.413. The Balaban J connectivity index is 2.16. The Hall–Kier alpha value is -2.62. The van der Waals surface area contributed by atoms with E-state index in [-0.39, 0.29) is 0 Å². The summed E-state index contributed by atoms with van der Waals surface area (Å²) in [5.74, 6) is 0.841. The second kappa shape index (κ2) is 5.40. The first-order valence-electron chi connectivity index (χ1n) is 6.80. The summed E-state index contributed by atoms with van der Waals surface area (Å²) in [5, 5.41) is 4.36. The van der Waals surface area contributed by atoms with Crippen LogP contribution in [0.4, 0.5) is 0 Å². The number of hydrogen-bond acceptors (Lipinski definition) is 3. The van der Waals surface area contributed by atoms with Crippen LogP contribution in [0.25, 0.3) is 0 Å². The van der Waals surface area contributed by atoms with Crippen LogP contribution in [0.15, 0.2) is 67.3 Å². The van der Waals surface area contributed by atoms with Crippen LogP contribution >= 0.6 is 0 Å². The molecular weight excluding hydrogens is 262 g/mol. The molecule has 0 aliphatic rings. The highest BCUT2D eigenvalue weighted by atomic mass is 16.5. The third kappa shape index (κ3) is 2.29. The van der Waals surface area contributed by atoms with Crippen molar-refractivity contribution in [2.45, 2.75) is 12.5 Å². The van der Waals surface area contributed by atoms with Crippen molar-refractivity contribution in [3.63, 3.8) is 0 Å². The van der Waals surface area contributed by atoms with Gasteiger partial charge in [0.2, 0.25) is 0 Å². The number of methoxy groups -OCH3 is 1. The lowest BCUT2D eigenvalue weighted by molar-refractivity contribution is 0.409. The van der Waals surface area contributed by atoms with Gasteiger partial charge in [0.15, 0.2) is 0 Å². The molecule has 1 unspecified atom stereocenters. The Labute approximate surface area is 124 Å². The maximum absolute atomic E-state index is 5.24. The Morgan fingerprint density at radius 2 is 1.62 bits per heavy atom. The molecule has 0 saturated carbocycles. The van der Waals surface area contributed by atoms with Crippen LogP contribution in [0, 0.1) is 0 Å². The Bertz CT molecular complexity index is 693. The molecule has 0 N–H and O–H groups in total. The fraction of sp³-hybridized carbons (Fsp3) is 0.176. The van der Waals surface area contributed by atoms with E-state index in [0.29, 0.717) is 0 Å². The van der Waals surface area contributed by atoms with Crippen molar-refractivity contribution >= 4 is 0 Å². The van der Waals surface area contributed by atoms with E-state index in [1.54, 1.807) is 19.8 Å². The molecule has 0 radical (unpaired) electrons. The molecule has 21 heavy (non-hydrogen) atoms. The van der Waals surface area contributed by atoms with E-state index in [9.17, 15) is 0 Å². The summed E-state index contributed by atoms with van der Waals surface area (Å²) < 4.78 is 7.12. The largest absolute Gasteiger partial charge is 0.497 e. The molecule has 0 spiro atoms. The van der Waals surface area contributed by atoms with Crippen LogP contribution in [0.5, 0.6) is 5.75 Å². The van der Waals surface area contributed by atoms with E-state index in [4.69, 9.17) is 4.74 Å². The van der Waals surface area contributed by atoms with Gasteiger partial charge in [-0.05, 0) is 30.2 Å². The Kier molecular flexibility index (Phi) is 3.44. The van der Waals surface area contributed by atoms with Gasteiger partial charge in [0, 0.05) is 0 Å². The zero-order valence-corrected chi connectivity index (χ0v) is 12.1. The minimum Gasteiger partial charge on any atom is -0.497 e. The van der Waals surface area contributed by atoms with Crippen LogP contribution in [-0.2, 0) is 5.54 Å². The lowest BCUT2D eigenvalue weighted by atomic mass is 9.85. The van der Waals surface area contributed by atoms with E-state index < -0.39 is 5.54 Å². The van der Waals surface area contributed by atoms with Crippen LogP contribution < -0.4 is 4.74 Å². The first-order valence-corrected chi connectivity index (χ1v) is 6.80. The second-order valence-corrected chi connectivity index (χ2v) is 5.01. The zero-order valence-electron chi connectivity index (χ0n) is 12.1. The fourth-order valence-corrected chi connectivity index (χ4v) is 2.55. The van der Waals surface area contributed by atoms with E-state index in [1.807, 2.05) is 35.0 Å². The van der Waals surface area contributed by atoms with Gasteiger partial charge in [-0.1, -0.05) is 42.5 Å². The summed E-state index contributed by atoms with van der Waals surface area (Å²) in [6.45, 7) is 2.14. The SMILES string of the molecule is COc1ccc(C(C)(c2ccccc2)n2cncn2)cc1. The molecule has 0 bridgehead atoms. The molecule has 1 aromatic heterocycles. The van der Waals surface area contributed by atoms with Crippen molar-refractivity contribution in [2.75, 3.05) is 7.11 Å². The van der Waals surface area contributed by atoms with E-state index in [2.05, 4.69) is 41.3 Å². The number of benzene rings is 2. The second-order valence-electron chi connectivity index (χ2n) is 5.01. The maximum atomic E-state index is 5.24. The third-order valence-corrected chi connectivity index (χ3v) is 3.86. The van der Waals surface area contributed by atoms with Gasteiger partial charge in [-0.2, -0.15) is 5.10 Å². The molecule has 0 fully saturated rings. The van der Waals surface area contributed by atoms with Gasteiger partial charge in [0.05, 0.1) is 7.11 Å². The number of nitrogens with zero attached hydrogens (tertiary/aromatic N) is 3. The molecule has 0 amide bonds. The van der Waals surface area contributed by atoms with Crippen LogP contribution in [0.3, 0.4) is 0 Å². The molecule has 4 nitrogen and oxygen atoms in total. The number of hydrogen-bond donors (Lipinski definition) is 0. The summed E-state index contributed by atoms with van der Waals surface area (Å²) in [5.41, 5.74) is 1.87. The number of rotatable bonds is 4. The zero-order chi connectivity index (χ0) is 14.7. The lowest BCUT2D eigenvalue weighted by Crippen LogP contribution is -2.33. The molecule has 1 heterocycles. The lowest BCUT2D eigenvalue weighted by Gasteiger charge is -2.31. The molecule has 2 aromatic carbocycles. The monoisotopic (exact) mass is 279 g/mol. The first-order chi connectivity index (χ1) is 10.2. The highest BCUT2D eigenvalue weighted by molar-refractivity contribution is 5.40. The highest BCUT2D eigenvalue weighted by Crippen LogP contribution is 2.33. The van der Waals surface area contributed by atoms with Gasteiger partial charge in [0.1, 0.15) is 23.9 Å². The highest BCUT2D eigenvalue weighted by Gasteiger charge is 2.31. The normalized spacial score (nSPS) is 13.6. The molecular formula is C17H17N3O. The van der Waals surface area contributed by atoms with E-state index in [1.165, 1.54) is 0 Å². The molecule has 106 valence electrons. The summed E-state index contributed by atoms with van der Waals surface area (Å²) in [4.78, 5) is 4.10. The fourth-order valence-electron chi connectivity index (χ4n) is 2.55. The standard InChI is InChI=1S/C17H17N3O/c1-17(20-13-18-12-19-20,14-6-4-3-5-7-14)15-8-10-16(21-2)11-9-15/h3-13H,1-2H3. The molecule has 4 heteroatoms. The third-order valence-electron chi connectivity index (χ3n) is 3.86. The predicted octanol–water partition coefficient (Wildman–Crippen LogP) is 3.10. The summed E-state index contributed by atoms with van der Waals surface area (Å²) in [6, 6.07) is 18.3. The first kappa shape index (κ1) is 13.4. The minimum atomic E-state index is -0.413. The quantitative estimate of drug-likeness (QED) is 0.736. The molecule has 3 aromatic rings. The summed E-state index contributed by atoms with van der Waals surface area (Å²) in [6.07, 6.45) is 3.31. The number of ether oxygens (including phenoxy) is 1. The topological polar surface area (TPSA) is 39.9 Å². The van der Waals surface area contributed by atoms with E-state index in [0.717, 1.165) is 16.9 Å². The van der Waals surface area contributed by atoms with Gasteiger partial charge < -0.3 is 4.74 Å². The van der Waals surface area contributed by atoms with Crippen molar-refractivity contribution < 1.29 is 4.74 Å². The Morgan fingerprint density at radius 3 is 2.19 bits per heavy atom. The van der Waals surface area contributed by atoms with Crippen molar-refractivity contribution in [1.82, 2.24) is 14.8 Å². The molecule has 3 rings (SSSR count). The molecule has 0 aliphatic carbocycles. The molecule has 0 saturated heterocycles. The summed E-state index contributed by atoms with van der Waals surface area (Å²) >= 11 is 0. The van der Waals surface area contributed by atoms with Crippen LogP contribution in [-0.4, -0.2) is 21.9 Å². The number of aromatic nitrogens is 3. The van der Waals surface area contributed by atoms with Crippen LogP contribution in [0.2, 0.25) is 0 Å². The molecule has 1 atom stereocenters. The predicted molar refractivity (Wildman–Crippen MR) is 81.3 cm³/mol. The van der Waals surface area contributed by atoms with Gasteiger partial charge in [-0.25, -0.2) is 9.67 Å². The Morgan fingerprint density at radius 1 is 0.952 bits per heavy atom. The van der Waals surface area contributed by atoms with Crippen molar-refractivity contribution in [1.29, 1.82) is 0 Å². The van der Waals surface area contributed by atoms with Gasteiger partial charge >= 0.3 is 0 Å². The van der Waals surface area contributed by atoms with Crippen molar-refractivity contribution in [3.8, 4) is 5.75 Å².